The summed E-state index contributed by atoms with van der Waals surface area (Å²) in [5, 5.41) is 26.1. The Balaban J connectivity index is 0.000000159. The quantitative estimate of drug-likeness (QED) is 0.0332. The first kappa shape index (κ1) is 87.5. The molecule has 0 atom stereocenters. The van der Waals surface area contributed by atoms with Gasteiger partial charge in [0.2, 0.25) is 0 Å². The maximum atomic E-state index is 13.0. The average Bonchev–Trinajstić information content (AvgIpc) is 0.785. The van der Waals surface area contributed by atoms with Crippen LogP contribution in [-0.4, -0.2) is 82.7 Å². The Labute approximate surface area is 706 Å². The van der Waals surface area contributed by atoms with Gasteiger partial charge in [0.25, 0.3) is 22.2 Å². The Bertz CT molecular complexity index is 6150. The number of hydrogen-bond donors (Lipinski definition) is 5. The van der Waals surface area contributed by atoms with E-state index in [-0.39, 0.29) is 54.6 Å². The summed E-state index contributed by atoms with van der Waals surface area (Å²) in [7, 11) is 1.67. The minimum Gasteiger partial charge on any atom is -0.443 e. The fourth-order valence-electron chi connectivity index (χ4n) is 13.2. The van der Waals surface area contributed by atoms with Crippen LogP contribution in [0.3, 0.4) is 0 Å². The predicted molar refractivity (Wildman–Crippen MR) is 477 cm³/mol. The number of pyridine rings is 4. The fraction of sp³-hybridized carbons (Fsp3) is 0.237. The van der Waals surface area contributed by atoms with Crippen molar-refractivity contribution in [2.75, 3.05) is 33.2 Å². The molecular weight excluding hydrogens is 1550 g/mol. The van der Waals surface area contributed by atoms with E-state index in [0.717, 1.165) is 80.4 Å². The van der Waals surface area contributed by atoms with Gasteiger partial charge in [0.05, 0.1) is 67.1 Å². The molecule has 7 aromatic carbocycles. The molecule has 15 rings (SSSR count). The normalized spacial score (nSPS) is 10.9. The van der Waals surface area contributed by atoms with Crippen LogP contribution < -0.4 is 62.9 Å². The molecule has 1 amide bonds. The number of benzene rings is 7. The van der Waals surface area contributed by atoms with Gasteiger partial charge >= 0.3 is 6.09 Å². The molecule has 622 valence electrons. The molecule has 0 saturated heterocycles. The van der Waals surface area contributed by atoms with Crippen LogP contribution in [0.2, 0.25) is 0 Å². The lowest BCUT2D eigenvalue weighted by atomic mass is 10.1. The third kappa shape index (κ3) is 22.7. The van der Waals surface area contributed by atoms with Crippen LogP contribution >= 0.6 is 12.4 Å². The molecule has 0 spiro atoms. The third-order valence-electron chi connectivity index (χ3n) is 19.5. The molecule has 0 bridgehead atoms. The molecule has 0 unspecified atom stereocenters. The van der Waals surface area contributed by atoms with Crippen LogP contribution in [0.25, 0.3) is 44.1 Å². The van der Waals surface area contributed by atoms with Crippen molar-refractivity contribution >= 4 is 91.1 Å². The summed E-state index contributed by atoms with van der Waals surface area (Å²) < 4.78 is 9.72. The summed E-state index contributed by atoms with van der Waals surface area (Å²) in [6, 6.07) is 67.6. The van der Waals surface area contributed by atoms with Crippen LogP contribution in [0.4, 0.5) is 33.2 Å². The van der Waals surface area contributed by atoms with Gasteiger partial charge in [0.15, 0.2) is 22.6 Å². The molecule has 0 aliphatic carbocycles. The Morgan fingerprint density at radius 3 is 0.950 bits per heavy atom. The number of carbonyl (C=O) groups is 1. The lowest BCUT2D eigenvalue weighted by Crippen LogP contribution is -2.34. The smallest absolute Gasteiger partial charge is 0.414 e. The van der Waals surface area contributed by atoms with E-state index >= 15 is 0 Å². The zero-order valence-corrected chi connectivity index (χ0v) is 70.2. The predicted octanol–water partition coefficient (Wildman–Crippen LogP) is 15.5. The SMILES string of the molecule is CCc1cccc(CNc2cc(=O)n(O)c3ncnc(C)c23)c1.CCc1cccc(CNc2cc(=O)n(OCc3ccccc3)c3ncnc(C)c23)c1.CCc1cccc(CNc2cc(=O)n(OCc3ccccc3)c3ncnc(C)c23)c1.Cc1ncnc2c1c(NCc1cccc(N(C)C(=O)OC(C)(C)C)c1)cc(=O)n2OCc1ccccc1.Cl. The highest BCUT2D eigenvalue weighted by atomic mass is 35.5. The van der Waals surface area contributed by atoms with Crippen molar-refractivity contribution < 1.29 is 29.3 Å². The number of aryl methyl sites for hydroxylation is 7. The van der Waals surface area contributed by atoms with Crippen LogP contribution in [0.1, 0.15) is 120 Å². The van der Waals surface area contributed by atoms with Crippen molar-refractivity contribution in [3.05, 3.63) is 357 Å². The summed E-state index contributed by atoms with van der Waals surface area (Å²) in [4.78, 5) is 116. The van der Waals surface area contributed by atoms with Gasteiger partial charge in [-0.05, 0) is 135 Å². The second-order valence-corrected chi connectivity index (χ2v) is 29.3. The first-order valence-electron chi connectivity index (χ1n) is 39.5. The molecule has 15 aromatic rings. The van der Waals surface area contributed by atoms with Gasteiger partial charge in [-0.15, -0.1) is 31.3 Å². The van der Waals surface area contributed by atoms with Crippen molar-refractivity contribution in [2.45, 2.75) is 140 Å². The first-order chi connectivity index (χ1) is 58.0. The highest BCUT2D eigenvalue weighted by Gasteiger charge is 2.23. The zero-order valence-electron chi connectivity index (χ0n) is 69.4. The number of nitrogens with zero attached hydrogens (tertiary/aromatic N) is 13. The maximum absolute atomic E-state index is 13.0. The van der Waals surface area contributed by atoms with Gasteiger partial charge in [-0.1, -0.05) is 197 Å². The number of fused-ring (bicyclic) bond motifs is 4. The highest BCUT2D eigenvalue weighted by molar-refractivity contribution is 5.94. The average molecular weight is 1650 g/mol. The third-order valence-corrected chi connectivity index (χ3v) is 19.5. The Kier molecular flexibility index (Phi) is 29.8. The van der Waals surface area contributed by atoms with Crippen LogP contribution in [0.5, 0.6) is 0 Å². The van der Waals surface area contributed by atoms with Gasteiger partial charge in [-0.3, -0.25) is 24.1 Å². The number of anilines is 5. The standard InChI is InChI=1S/C28H31N5O4.2C24H24N4O2.C17H18N4O2.ClH/c1-19-25-23(29-16-21-12-9-13-22(14-21)32(5)27(35)37-28(2,3)4)15-24(34)33(26(25)31-18-30-19)36-17-20-10-7-6-8-11-20;2*1-3-18-10-7-11-20(12-18)14-25-21-13-22(29)28(24-23(21)17(2)26-16-27-24)30-15-19-8-5-4-6-9-19;1-3-12-5-4-6-13(7-12)9-18-14-8-15(22)21(23)17-16(14)11(2)19-10-20-17;/h6-15,18,29H,16-17H2,1-5H3;2*4-13,16,25H,3,14-15H2,1-2H3;4-8,10,18,23H,3,9H2,1-2H3;1H. The fourth-order valence-corrected chi connectivity index (χ4v) is 13.2. The van der Waals surface area contributed by atoms with Crippen LogP contribution in [0.15, 0.2) is 257 Å². The number of amides is 1. The van der Waals surface area contributed by atoms with Gasteiger partial charge in [-0.25, -0.2) is 44.7 Å². The zero-order chi connectivity index (χ0) is 84.8. The molecular formula is C93H98ClN17O10. The number of halogens is 1. The topological polar surface area (TPSA) is 317 Å². The molecule has 121 heavy (non-hydrogen) atoms. The van der Waals surface area contributed by atoms with Crippen LogP contribution in [0, 0.1) is 27.7 Å². The monoisotopic (exact) mass is 1650 g/mol. The molecule has 0 saturated carbocycles. The molecule has 5 N–H and O–H groups in total. The summed E-state index contributed by atoms with van der Waals surface area (Å²) in [6.07, 6.45) is 8.16. The molecule has 27 nitrogen and oxygen atoms in total. The lowest BCUT2D eigenvalue weighted by Gasteiger charge is -2.25. The number of ether oxygens (including phenoxy) is 1. The minimum atomic E-state index is -0.587. The Morgan fingerprint density at radius 1 is 0.364 bits per heavy atom. The van der Waals surface area contributed by atoms with E-state index in [1.165, 1.54) is 73.2 Å². The van der Waals surface area contributed by atoms with E-state index in [1.54, 1.807) is 19.2 Å². The molecule has 8 aromatic heterocycles. The maximum Gasteiger partial charge on any atom is 0.414 e. The van der Waals surface area contributed by atoms with Gasteiger partial charge in [0.1, 0.15) is 50.7 Å². The van der Waals surface area contributed by atoms with Crippen molar-refractivity contribution in [1.29, 1.82) is 0 Å². The van der Waals surface area contributed by atoms with E-state index in [9.17, 15) is 29.2 Å². The number of aromatic nitrogens is 12. The van der Waals surface area contributed by atoms with Gasteiger partial charge < -0.3 is 45.7 Å². The molecule has 8 heterocycles. The van der Waals surface area contributed by atoms with Crippen molar-refractivity contribution in [1.82, 2.24) is 58.8 Å². The van der Waals surface area contributed by atoms with Gasteiger partial charge in [0, 0.05) is 63.2 Å². The van der Waals surface area contributed by atoms with E-state index in [2.05, 4.69) is 143 Å². The molecule has 0 aliphatic heterocycles. The van der Waals surface area contributed by atoms with E-state index in [0.29, 0.717) is 98.4 Å². The summed E-state index contributed by atoms with van der Waals surface area (Å²) in [5.74, 6) is 0. The molecule has 0 radical (unpaired) electrons. The number of carbonyl (C=O) groups excluding carboxylic acids is 1. The number of hydrogen-bond acceptors (Lipinski definition) is 22. The minimum absolute atomic E-state index is 0. The van der Waals surface area contributed by atoms with Crippen molar-refractivity contribution in [3.8, 4) is 0 Å². The first-order valence-corrected chi connectivity index (χ1v) is 39.5. The second-order valence-electron chi connectivity index (χ2n) is 29.3. The largest absolute Gasteiger partial charge is 0.443 e. The Hall–Kier alpha value is -14.3. The summed E-state index contributed by atoms with van der Waals surface area (Å²) in [5.41, 5.74) is 16.8. The summed E-state index contributed by atoms with van der Waals surface area (Å²) >= 11 is 0. The van der Waals surface area contributed by atoms with Crippen LogP contribution in [-0.2, 0) is 70.0 Å². The van der Waals surface area contributed by atoms with Crippen molar-refractivity contribution in [2.24, 2.45) is 0 Å². The van der Waals surface area contributed by atoms with E-state index in [1.807, 2.05) is 176 Å². The van der Waals surface area contributed by atoms with Crippen molar-refractivity contribution in [3.63, 3.8) is 0 Å². The van der Waals surface area contributed by atoms with Gasteiger partial charge in [-0.2, -0.15) is 0 Å². The highest BCUT2D eigenvalue weighted by Crippen LogP contribution is 2.29. The molecule has 0 fully saturated rings. The van der Waals surface area contributed by atoms with E-state index < -0.39 is 17.3 Å². The molecule has 28 heteroatoms. The number of rotatable bonds is 25. The Morgan fingerprint density at radius 2 is 0.636 bits per heavy atom. The second kappa shape index (κ2) is 41.2. The van der Waals surface area contributed by atoms with E-state index in [4.69, 9.17) is 19.2 Å². The molecule has 0 aliphatic rings. The lowest BCUT2D eigenvalue weighted by molar-refractivity contribution is 0.0589. The summed E-state index contributed by atoms with van der Waals surface area (Å²) in [6.45, 7) is 22.3. The number of nitrogens with one attached hydrogen (secondary N) is 4.